The van der Waals surface area contributed by atoms with Crippen LogP contribution in [0.3, 0.4) is 0 Å². The Balaban J connectivity index is 1.99. The fourth-order valence-electron chi connectivity index (χ4n) is 2.23. The Morgan fingerprint density at radius 1 is 1.19 bits per heavy atom. The normalized spacial score (nSPS) is 10.8. The molecule has 0 aliphatic rings. The van der Waals surface area contributed by atoms with E-state index >= 15 is 0 Å². The van der Waals surface area contributed by atoms with Crippen LogP contribution in [-0.2, 0) is 6.54 Å². The van der Waals surface area contributed by atoms with Crippen LogP contribution in [0.2, 0.25) is 5.02 Å². The Bertz CT molecular complexity index is 805. The van der Waals surface area contributed by atoms with Crippen molar-refractivity contribution in [3.63, 3.8) is 0 Å². The highest BCUT2D eigenvalue weighted by molar-refractivity contribution is 6.31. The third kappa shape index (κ3) is 2.62. The summed E-state index contributed by atoms with van der Waals surface area (Å²) in [5, 5.41) is 4.42. The molecule has 0 aliphatic carbocycles. The van der Waals surface area contributed by atoms with E-state index in [1.165, 1.54) is 6.07 Å². The second kappa shape index (κ2) is 5.58. The highest BCUT2D eigenvalue weighted by Crippen LogP contribution is 2.30. The van der Waals surface area contributed by atoms with Gasteiger partial charge in [0, 0.05) is 28.8 Å². The van der Waals surface area contributed by atoms with E-state index in [2.05, 4.69) is 10.3 Å². The molecular formula is C16H13ClFN3. The number of nitrogens with one attached hydrogen (secondary N) is 1. The van der Waals surface area contributed by atoms with Gasteiger partial charge in [-0.3, -0.25) is 4.98 Å². The van der Waals surface area contributed by atoms with Gasteiger partial charge in [-0.2, -0.15) is 0 Å². The minimum Gasteiger partial charge on any atom is -0.398 e. The predicted molar refractivity (Wildman–Crippen MR) is 84.9 cm³/mol. The lowest BCUT2D eigenvalue weighted by Gasteiger charge is -2.12. The molecule has 1 aromatic heterocycles. The molecule has 0 saturated heterocycles. The molecule has 0 unspecified atom stereocenters. The van der Waals surface area contributed by atoms with Crippen LogP contribution >= 0.6 is 11.6 Å². The van der Waals surface area contributed by atoms with E-state index in [-0.39, 0.29) is 0 Å². The van der Waals surface area contributed by atoms with Crippen LogP contribution in [-0.4, -0.2) is 4.98 Å². The van der Waals surface area contributed by atoms with Crippen molar-refractivity contribution in [1.29, 1.82) is 0 Å². The summed E-state index contributed by atoms with van der Waals surface area (Å²) in [6.07, 6.45) is 1.61. The van der Waals surface area contributed by atoms with Gasteiger partial charge in [-0.1, -0.05) is 29.8 Å². The van der Waals surface area contributed by atoms with E-state index in [9.17, 15) is 4.39 Å². The summed E-state index contributed by atoms with van der Waals surface area (Å²) in [5.74, 6) is -0.425. The lowest BCUT2D eigenvalue weighted by atomic mass is 10.1. The Hall–Kier alpha value is -2.33. The number of rotatable bonds is 3. The van der Waals surface area contributed by atoms with Crippen LogP contribution in [0, 0.1) is 5.82 Å². The summed E-state index contributed by atoms with van der Waals surface area (Å²) in [6, 6.07) is 12.3. The topological polar surface area (TPSA) is 50.9 Å². The van der Waals surface area contributed by atoms with Crippen molar-refractivity contribution in [3.8, 4) is 0 Å². The minimum atomic E-state index is -0.425. The van der Waals surface area contributed by atoms with Crippen molar-refractivity contribution in [2.75, 3.05) is 11.1 Å². The maximum atomic E-state index is 14.2. The zero-order valence-corrected chi connectivity index (χ0v) is 11.9. The van der Waals surface area contributed by atoms with E-state index in [0.717, 1.165) is 10.9 Å². The number of hydrogen-bond acceptors (Lipinski definition) is 3. The van der Waals surface area contributed by atoms with Gasteiger partial charge in [-0.15, -0.1) is 0 Å². The molecule has 3 aromatic rings. The van der Waals surface area contributed by atoms with Gasteiger partial charge in [-0.25, -0.2) is 4.39 Å². The van der Waals surface area contributed by atoms with Crippen LogP contribution in [0.25, 0.3) is 10.9 Å². The Labute approximate surface area is 126 Å². The maximum Gasteiger partial charge on any atom is 0.150 e. The monoisotopic (exact) mass is 301 g/mol. The van der Waals surface area contributed by atoms with E-state index in [4.69, 9.17) is 17.3 Å². The first kappa shape index (κ1) is 13.6. The molecule has 2 aromatic carbocycles. The number of fused-ring (bicyclic) bond motifs is 1. The molecule has 0 bridgehead atoms. The molecule has 3 N–H and O–H groups in total. The minimum absolute atomic E-state index is 0.333. The molecule has 0 spiro atoms. The summed E-state index contributed by atoms with van der Waals surface area (Å²) >= 11 is 6.10. The van der Waals surface area contributed by atoms with E-state index in [1.807, 2.05) is 24.3 Å². The van der Waals surface area contributed by atoms with Gasteiger partial charge >= 0.3 is 0 Å². The highest BCUT2D eigenvalue weighted by Gasteiger charge is 2.12. The largest absolute Gasteiger partial charge is 0.398 e. The zero-order chi connectivity index (χ0) is 14.8. The summed E-state index contributed by atoms with van der Waals surface area (Å²) in [5.41, 5.74) is 7.94. The summed E-state index contributed by atoms with van der Waals surface area (Å²) in [4.78, 5) is 4.22. The number of halogens is 2. The number of aromatic nitrogens is 1. The zero-order valence-electron chi connectivity index (χ0n) is 11.1. The Morgan fingerprint density at radius 2 is 2.00 bits per heavy atom. The fraction of sp³-hybridized carbons (Fsp3) is 0.0625. The molecule has 0 fully saturated rings. The molecule has 0 aliphatic heterocycles. The van der Waals surface area contributed by atoms with Gasteiger partial charge in [0.2, 0.25) is 0 Å². The third-order valence-electron chi connectivity index (χ3n) is 3.29. The molecular weight excluding hydrogens is 289 g/mol. The van der Waals surface area contributed by atoms with Gasteiger partial charge in [0.05, 0.1) is 11.2 Å². The lowest BCUT2D eigenvalue weighted by molar-refractivity contribution is 0.632. The van der Waals surface area contributed by atoms with Gasteiger partial charge in [0.15, 0.2) is 5.82 Å². The van der Waals surface area contributed by atoms with E-state index in [0.29, 0.717) is 28.5 Å². The predicted octanol–water partition coefficient (Wildman–Crippen LogP) is 4.22. The van der Waals surface area contributed by atoms with E-state index < -0.39 is 5.82 Å². The van der Waals surface area contributed by atoms with Gasteiger partial charge in [0.25, 0.3) is 0 Å². The van der Waals surface area contributed by atoms with Crippen molar-refractivity contribution in [3.05, 3.63) is 65.1 Å². The van der Waals surface area contributed by atoms with Gasteiger partial charge < -0.3 is 11.1 Å². The number of hydrogen-bond donors (Lipinski definition) is 2. The van der Waals surface area contributed by atoms with E-state index in [1.54, 1.807) is 18.3 Å². The number of nitrogens with zero attached hydrogens (tertiary/aromatic N) is 1. The molecule has 21 heavy (non-hydrogen) atoms. The molecule has 106 valence electrons. The summed E-state index contributed by atoms with van der Waals surface area (Å²) < 4.78 is 14.2. The van der Waals surface area contributed by atoms with Crippen LogP contribution in [0.15, 0.2) is 48.7 Å². The first-order chi connectivity index (χ1) is 10.2. The second-order valence-electron chi connectivity index (χ2n) is 4.67. The number of nitrogens with two attached hydrogens (primary N) is 1. The molecule has 0 amide bonds. The van der Waals surface area contributed by atoms with Crippen molar-refractivity contribution < 1.29 is 4.39 Å². The first-order valence-electron chi connectivity index (χ1n) is 6.47. The van der Waals surface area contributed by atoms with Crippen LogP contribution in [0.5, 0.6) is 0 Å². The van der Waals surface area contributed by atoms with Crippen molar-refractivity contribution in [2.24, 2.45) is 0 Å². The Kier molecular flexibility index (Phi) is 3.62. The molecule has 0 saturated carbocycles. The lowest BCUT2D eigenvalue weighted by Crippen LogP contribution is -2.04. The number of pyridine rings is 1. The third-order valence-corrected chi connectivity index (χ3v) is 3.66. The summed E-state index contributed by atoms with van der Waals surface area (Å²) in [6.45, 7) is 0.409. The first-order valence-corrected chi connectivity index (χ1v) is 6.84. The summed E-state index contributed by atoms with van der Waals surface area (Å²) in [7, 11) is 0. The molecule has 0 radical (unpaired) electrons. The van der Waals surface area contributed by atoms with Crippen molar-refractivity contribution >= 4 is 33.9 Å². The van der Waals surface area contributed by atoms with Crippen molar-refractivity contribution in [2.45, 2.75) is 6.54 Å². The number of anilines is 2. The molecule has 0 atom stereocenters. The SMILES string of the molecule is Nc1cc(F)c(NCc2ccccc2Cl)c2ncccc12. The van der Waals surface area contributed by atoms with Gasteiger partial charge in [0.1, 0.15) is 0 Å². The van der Waals surface area contributed by atoms with Crippen LogP contribution in [0.4, 0.5) is 15.8 Å². The average Bonchev–Trinajstić information content (AvgIpc) is 2.49. The quantitative estimate of drug-likeness (QED) is 0.712. The Morgan fingerprint density at radius 3 is 2.81 bits per heavy atom. The second-order valence-corrected chi connectivity index (χ2v) is 5.07. The van der Waals surface area contributed by atoms with Crippen molar-refractivity contribution in [1.82, 2.24) is 4.98 Å². The molecule has 3 rings (SSSR count). The number of nitrogen functional groups attached to an aromatic ring is 1. The standard InChI is InChI=1S/C16H13ClFN3/c17-12-6-2-1-4-10(12)9-21-16-13(18)8-14(19)11-5-3-7-20-15(11)16/h1-8,21H,9,19H2. The maximum absolute atomic E-state index is 14.2. The van der Waals surface area contributed by atoms with Crippen LogP contribution in [0.1, 0.15) is 5.56 Å². The highest BCUT2D eigenvalue weighted by atomic mass is 35.5. The molecule has 1 heterocycles. The molecule has 5 heteroatoms. The average molecular weight is 302 g/mol. The smallest absolute Gasteiger partial charge is 0.150 e. The number of benzene rings is 2. The van der Waals surface area contributed by atoms with Crippen LogP contribution < -0.4 is 11.1 Å². The van der Waals surface area contributed by atoms with Gasteiger partial charge in [-0.05, 0) is 29.8 Å². The fourth-order valence-corrected chi connectivity index (χ4v) is 2.43. The molecule has 3 nitrogen and oxygen atoms in total.